The number of methoxy groups -OCH3 is 1. The van der Waals surface area contributed by atoms with Crippen LogP contribution in [0.2, 0.25) is 0 Å². The molecule has 0 aromatic carbocycles. The molecule has 0 aliphatic rings. The quantitative estimate of drug-likeness (QED) is 0.356. The average molecular weight is 173 g/mol. The van der Waals surface area contributed by atoms with Gasteiger partial charge < -0.3 is 15.4 Å². The monoisotopic (exact) mass is 173 g/mol. The first-order chi connectivity index (χ1) is 5.62. The van der Waals surface area contributed by atoms with Crippen molar-refractivity contribution in [3.63, 3.8) is 0 Å². The minimum Gasteiger partial charge on any atom is -0.466 e. The number of esters is 1. The molecule has 0 heterocycles. The molecule has 0 atom stereocenters. The summed E-state index contributed by atoms with van der Waals surface area (Å²) in [4.78, 5) is 9.84. The van der Waals surface area contributed by atoms with Gasteiger partial charge in [0.15, 0.2) is 0 Å². The molecule has 0 aromatic heterocycles. The molecule has 0 aliphatic heterocycles. The summed E-state index contributed by atoms with van der Waals surface area (Å²) in [6.45, 7) is 6.81. The highest BCUT2D eigenvalue weighted by Crippen LogP contribution is 1.67. The van der Waals surface area contributed by atoms with Crippen LogP contribution in [-0.4, -0.2) is 33.3 Å². The summed E-state index contributed by atoms with van der Waals surface area (Å²) in [7, 11) is 5.02. The van der Waals surface area contributed by atoms with Crippen LogP contribution in [0.25, 0.3) is 0 Å². The van der Waals surface area contributed by atoms with Gasteiger partial charge in [-0.15, -0.1) is 0 Å². The predicted octanol–water partition coefficient (Wildman–Crippen LogP) is -0.0692. The number of hydrogen-bond donors (Lipinski definition) is 2. The van der Waals surface area contributed by atoms with Crippen molar-refractivity contribution >= 4 is 5.97 Å². The van der Waals surface area contributed by atoms with Crippen molar-refractivity contribution in [3.05, 3.63) is 19.6 Å². The fourth-order valence-corrected chi connectivity index (χ4v) is 0.228. The van der Waals surface area contributed by atoms with E-state index in [1.165, 1.54) is 7.11 Å². The fraction of sp³-hybridized carbons (Fsp3) is 0.500. The molecule has 0 fully saturated rings. The Balaban J connectivity index is 0. The Kier molecular flexibility index (Phi) is 11.6. The predicted molar refractivity (Wildman–Crippen MR) is 49.5 cm³/mol. The molecule has 12 heavy (non-hydrogen) atoms. The summed E-state index contributed by atoms with van der Waals surface area (Å²) in [6.07, 6.45) is 1.30. The van der Waals surface area contributed by atoms with Gasteiger partial charge in [-0.3, -0.25) is 0 Å². The first-order valence-corrected chi connectivity index (χ1v) is 3.50. The molecule has 0 amide bonds. The number of carbonyl (C=O) groups excluding carboxylic acids is 1. The maximum Gasteiger partial charge on any atom is 0.329 e. The standard InChI is InChI=1S/C4H11N2.C4H6O2/c1-4(5-2)6-3;1-3-4(5)6-2/h4-6H,1H2,2-3H3;3H,1H2,2H3. The lowest BCUT2D eigenvalue weighted by atomic mass is 10.6. The summed E-state index contributed by atoms with van der Waals surface area (Å²) in [5, 5.41) is 5.78. The van der Waals surface area contributed by atoms with Gasteiger partial charge in [-0.25, -0.2) is 4.79 Å². The van der Waals surface area contributed by atoms with Gasteiger partial charge >= 0.3 is 5.97 Å². The summed E-state index contributed by atoms with van der Waals surface area (Å²) >= 11 is 0. The van der Waals surface area contributed by atoms with Crippen molar-refractivity contribution in [2.24, 2.45) is 0 Å². The summed E-state index contributed by atoms with van der Waals surface area (Å²) in [6, 6.07) is 0. The molecule has 1 radical (unpaired) electrons. The first kappa shape index (κ1) is 13.7. The Labute approximate surface area is 74.0 Å². The highest BCUT2D eigenvalue weighted by atomic mass is 16.5. The number of rotatable bonds is 3. The van der Waals surface area contributed by atoms with E-state index in [1.54, 1.807) is 0 Å². The number of hydrogen-bond acceptors (Lipinski definition) is 4. The zero-order valence-electron chi connectivity index (χ0n) is 7.89. The fourth-order valence-electron chi connectivity index (χ4n) is 0.228. The van der Waals surface area contributed by atoms with Crippen LogP contribution in [-0.2, 0) is 9.53 Å². The smallest absolute Gasteiger partial charge is 0.329 e. The van der Waals surface area contributed by atoms with E-state index >= 15 is 0 Å². The van der Waals surface area contributed by atoms with Crippen LogP contribution >= 0.6 is 0 Å². The van der Waals surface area contributed by atoms with Gasteiger partial charge in [0.25, 0.3) is 0 Å². The first-order valence-electron chi connectivity index (χ1n) is 3.50. The average Bonchev–Trinajstić information content (AvgIpc) is 2.16. The molecule has 0 spiro atoms. The maximum absolute atomic E-state index is 9.84. The molecule has 0 aliphatic carbocycles. The van der Waals surface area contributed by atoms with E-state index in [0.29, 0.717) is 0 Å². The zero-order valence-corrected chi connectivity index (χ0v) is 7.89. The minimum atomic E-state index is -0.394. The van der Waals surface area contributed by atoms with Gasteiger partial charge in [-0.05, 0) is 21.0 Å². The second-order valence-electron chi connectivity index (χ2n) is 1.86. The highest BCUT2D eigenvalue weighted by Gasteiger charge is 1.84. The molecule has 4 heteroatoms. The normalized spacial score (nSPS) is 8.42. The lowest BCUT2D eigenvalue weighted by Crippen LogP contribution is -2.34. The van der Waals surface area contributed by atoms with E-state index in [1.807, 2.05) is 14.1 Å². The van der Waals surface area contributed by atoms with Crippen molar-refractivity contribution in [2.75, 3.05) is 21.2 Å². The van der Waals surface area contributed by atoms with Crippen LogP contribution in [0.1, 0.15) is 0 Å². The van der Waals surface area contributed by atoms with E-state index in [-0.39, 0.29) is 6.17 Å². The molecule has 0 saturated carbocycles. The molecule has 0 saturated heterocycles. The lowest BCUT2D eigenvalue weighted by molar-refractivity contribution is -0.134. The molecule has 2 N–H and O–H groups in total. The highest BCUT2D eigenvalue weighted by molar-refractivity contribution is 5.80. The van der Waals surface area contributed by atoms with Crippen LogP contribution < -0.4 is 10.6 Å². The van der Waals surface area contributed by atoms with Crippen LogP contribution in [0.4, 0.5) is 0 Å². The number of ether oxygens (including phenoxy) is 1. The second-order valence-corrected chi connectivity index (χ2v) is 1.86. The minimum absolute atomic E-state index is 0.185. The van der Waals surface area contributed by atoms with Gasteiger partial charge in [0.05, 0.1) is 13.3 Å². The van der Waals surface area contributed by atoms with Crippen LogP contribution in [0.3, 0.4) is 0 Å². The van der Waals surface area contributed by atoms with Crippen molar-refractivity contribution in [3.8, 4) is 0 Å². The molecule has 0 unspecified atom stereocenters. The van der Waals surface area contributed by atoms with Gasteiger partial charge in [-0.2, -0.15) is 0 Å². The second kappa shape index (κ2) is 10.1. The van der Waals surface area contributed by atoms with Crippen molar-refractivity contribution in [1.29, 1.82) is 0 Å². The van der Waals surface area contributed by atoms with E-state index in [2.05, 4.69) is 28.9 Å². The van der Waals surface area contributed by atoms with Crippen LogP contribution in [0.5, 0.6) is 0 Å². The Morgan fingerprint density at radius 3 is 1.92 bits per heavy atom. The van der Waals surface area contributed by atoms with Gasteiger partial charge in [0, 0.05) is 6.08 Å². The SMILES string of the molecule is C=CC(=O)OC.[CH2]C(NC)NC. The van der Waals surface area contributed by atoms with Gasteiger partial charge in [0.1, 0.15) is 0 Å². The summed E-state index contributed by atoms with van der Waals surface area (Å²) in [5.41, 5.74) is 0. The molecule has 0 bridgehead atoms. The van der Waals surface area contributed by atoms with E-state index < -0.39 is 5.97 Å². The Hall–Kier alpha value is -0.870. The third kappa shape index (κ3) is 11.9. The van der Waals surface area contributed by atoms with Crippen LogP contribution in [0.15, 0.2) is 12.7 Å². The molecular weight excluding hydrogens is 156 g/mol. The molecule has 71 valence electrons. The maximum atomic E-state index is 9.84. The van der Waals surface area contributed by atoms with Crippen molar-refractivity contribution in [2.45, 2.75) is 6.17 Å². The van der Waals surface area contributed by atoms with Crippen molar-refractivity contribution in [1.82, 2.24) is 10.6 Å². The van der Waals surface area contributed by atoms with E-state index in [9.17, 15) is 4.79 Å². The third-order valence-corrected chi connectivity index (χ3v) is 1.06. The number of carbonyl (C=O) groups is 1. The van der Waals surface area contributed by atoms with E-state index in [0.717, 1.165) is 6.08 Å². The van der Waals surface area contributed by atoms with Gasteiger partial charge in [-0.1, -0.05) is 6.58 Å². The van der Waals surface area contributed by atoms with Crippen molar-refractivity contribution < 1.29 is 9.53 Å². The largest absolute Gasteiger partial charge is 0.466 e. The molecular formula is C8H17N2O2. The Bertz CT molecular complexity index is 122. The summed E-state index contributed by atoms with van der Waals surface area (Å²) in [5.74, 6) is -0.394. The Morgan fingerprint density at radius 2 is 1.92 bits per heavy atom. The summed E-state index contributed by atoms with van der Waals surface area (Å²) < 4.78 is 4.14. The van der Waals surface area contributed by atoms with Gasteiger partial charge in [0.2, 0.25) is 0 Å². The molecule has 4 nitrogen and oxygen atoms in total. The van der Waals surface area contributed by atoms with Crippen LogP contribution in [0, 0.1) is 6.92 Å². The van der Waals surface area contributed by atoms with E-state index in [4.69, 9.17) is 0 Å². The topological polar surface area (TPSA) is 50.4 Å². The Morgan fingerprint density at radius 1 is 1.50 bits per heavy atom. The zero-order chi connectivity index (χ0) is 9.98. The third-order valence-electron chi connectivity index (χ3n) is 1.06. The number of nitrogens with one attached hydrogen (secondary N) is 2. The molecule has 0 rings (SSSR count). The molecule has 0 aromatic rings. The lowest BCUT2D eigenvalue weighted by Gasteiger charge is -2.04.